The molecule has 0 unspecified atom stereocenters. The van der Waals surface area contributed by atoms with Gasteiger partial charge in [-0.2, -0.15) is 0 Å². The number of carbonyl (C=O) groups excluding carboxylic acids is 1. The number of hydrogen-bond donors (Lipinski definition) is 1. The molecule has 0 radical (unpaired) electrons. The Morgan fingerprint density at radius 1 is 1.27 bits per heavy atom. The number of amides is 1. The second-order valence-corrected chi connectivity index (χ2v) is 5.68. The van der Waals surface area contributed by atoms with Gasteiger partial charge < -0.3 is 15.0 Å². The van der Waals surface area contributed by atoms with E-state index < -0.39 is 0 Å². The van der Waals surface area contributed by atoms with Gasteiger partial charge >= 0.3 is 0 Å². The van der Waals surface area contributed by atoms with Crippen LogP contribution in [-0.2, 0) is 11.3 Å². The van der Waals surface area contributed by atoms with E-state index in [0.29, 0.717) is 6.54 Å². The van der Waals surface area contributed by atoms with E-state index in [-0.39, 0.29) is 11.8 Å². The maximum absolute atomic E-state index is 11.7. The highest BCUT2D eigenvalue weighted by Crippen LogP contribution is 2.29. The molecule has 0 saturated heterocycles. The molecular formula is C18H24N2O2. The van der Waals surface area contributed by atoms with Crippen molar-refractivity contribution >= 4 is 16.7 Å². The molecule has 0 aliphatic carbocycles. The van der Waals surface area contributed by atoms with Crippen molar-refractivity contribution in [1.29, 1.82) is 0 Å². The van der Waals surface area contributed by atoms with E-state index in [0.717, 1.165) is 17.9 Å². The SMILES string of the molecule is CNC(=O)[C@@H](C)CN(C)Cc1c(OC)ccc2ccccc12. The van der Waals surface area contributed by atoms with E-state index in [4.69, 9.17) is 4.74 Å². The summed E-state index contributed by atoms with van der Waals surface area (Å²) in [7, 11) is 5.40. The quantitative estimate of drug-likeness (QED) is 0.892. The van der Waals surface area contributed by atoms with Crippen molar-refractivity contribution in [3.8, 4) is 5.75 Å². The molecule has 1 atom stereocenters. The molecular weight excluding hydrogens is 276 g/mol. The first-order valence-electron chi connectivity index (χ1n) is 7.51. The number of benzene rings is 2. The molecule has 0 fully saturated rings. The van der Waals surface area contributed by atoms with Crippen LogP contribution in [0.4, 0.5) is 0 Å². The van der Waals surface area contributed by atoms with Crippen LogP contribution < -0.4 is 10.1 Å². The number of hydrogen-bond acceptors (Lipinski definition) is 3. The second kappa shape index (κ2) is 7.27. The van der Waals surface area contributed by atoms with Crippen molar-refractivity contribution in [1.82, 2.24) is 10.2 Å². The van der Waals surface area contributed by atoms with Gasteiger partial charge in [-0.1, -0.05) is 37.3 Å². The Balaban J connectivity index is 2.24. The molecule has 22 heavy (non-hydrogen) atoms. The first-order chi connectivity index (χ1) is 10.6. The topological polar surface area (TPSA) is 41.6 Å². The van der Waals surface area contributed by atoms with Crippen LogP contribution >= 0.6 is 0 Å². The third kappa shape index (κ3) is 3.57. The maximum Gasteiger partial charge on any atom is 0.223 e. The van der Waals surface area contributed by atoms with E-state index in [9.17, 15) is 4.79 Å². The normalized spacial score (nSPS) is 12.4. The summed E-state index contributed by atoms with van der Waals surface area (Å²) in [5.41, 5.74) is 1.16. The molecule has 2 aromatic rings. The summed E-state index contributed by atoms with van der Waals surface area (Å²) in [4.78, 5) is 13.8. The Morgan fingerprint density at radius 3 is 2.68 bits per heavy atom. The van der Waals surface area contributed by atoms with Gasteiger partial charge in [-0.15, -0.1) is 0 Å². The highest BCUT2D eigenvalue weighted by atomic mass is 16.5. The van der Waals surface area contributed by atoms with Crippen LogP contribution in [0.25, 0.3) is 10.8 Å². The Morgan fingerprint density at radius 2 is 2.00 bits per heavy atom. The first kappa shape index (κ1) is 16.3. The van der Waals surface area contributed by atoms with Crippen LogP contribution in [0.15, 0.2) is 36.4 Å². The molecule has 4 nitrogen and oxygen atoms in total. The van der Waals surface area contributed by atoms with Crippen molar-refractivity contribution in [2.24, 2.45) is 5.92 Å². The zero-order valence-corrected chi connectivity index (χ0v) is 13.7. The van der Waals surface area contributed by atoms with Gasteiger partial charge in [-0.25, -0.2) is 0 Å². The number of carbonyl (C=O) groups is 1. The molecule has 0 aromatic heterocycles. The van der Waals surface area contributed by atoms with E-state index in [1.165, 1.54) is 10.8 Å². The standard InChI is InChI=1S/C18H24N2O2/c1-13(18(21)19-2)11-20(3)12-16-15-8-6-5-7-14(15)9-10-17(16)22-4/h5-10,13H,11-12H2,1-4H3,(H,19,21)/t13-/m0/s1. The third-order valence-electron chi connectivity index (χ3n) is 3.93. The smallest absolute Gasteiger partial charge is 0.223 e. The Labute approximate surface area is 132 Å². The lowest BCUT2D eigenvalue weighted by Gasteiger charge is -2.22. The van der Waals surface area contributed by atoms with Crippen molar-refractivity contribution in [2.45, 2.75) is 13.5 Å². The number of nitrogens with zero attached hydrogens (tertiary/aromatic N) is 1. The van der Waals surface area contributed by atoms with Crippen LogP contribution in [-0.4, -0.2) is 38.6 Å². The molecule has 1 N–H and O–H groups in total. The van der Waals surface area contributed by atoms with Crippen molar-refractivity contribution in [3.05, 3.63) is 42.0 Å². The number of nitrogens with one attached hydrogen (secondary N) is 1. The first-order valence-corrected chi connectivity index (χ1v) is 7.51. The summed E-state index contributed by atoms with van der Waals surface area (Å²) in [6.45, 7) is 3.38. The monoisotopic (exact) mass is 300 g/mol. The third-order valence-corrected chi connectivity index (χ3v) is 3.93. The molecule has 0 bridgehead atoms. The molecule has 0 heterocycles. The summed E-state index contributed by atoms with van der Waals surface area (Å²) in [6, 6.07) is 12.4. The fourth-order valence-electron chi connectivity index (χ4n) is 2.80. The Kier molecular flexibility index (Phi) is 5.39. The summed E-state index contributed by atoms with van der Waals surface area (Å²) >= 11 is 0. The number of methoxy groups -OCH3 is 1. The molecule has 0 spiro atoms. The van der Waals surface area contributed by atoms with E-state index in [1.54, 1.807) is 14.2 Å². The highest BCUT2D eigenvalue weighted by molar-refractivity contribution is 5.87. The number of rotatable bonds is 6. The average Bonchev–Trinajstić information content (AvgIpc) is 2.54. The zero-order chi connectivity index (χ0) is 16.1. The fourth-order valence-corrected chi connectivity index (χ4v) is 2.80. The van der Waals surface area contributed by atoms with Crippen molar-refractivity contribution < 1.29 is 9.53 Å². The van der Waals surface area contributed by atoms with Crippen molar-refractivity contribution in [3.63, 3.8) is 0 Å². The van der Waals surface area contributed by atoms with Crippen LogP contribution in [0, 0.1) is 5.92 Å². The van der Waals surface area contributed by atoms with Crippen molar-refractivity contribution in [2.75, 3.05) is 27.7 Å². The Bertz CT molecular complexity index is 655. The summed E-state index contributed by atoms with van der Waals surface area (Å²) < 4.78 is 5.52. The number of fused-ring (bicyclic) bond motifs is 1. The minimum atomic E-state index is -0.0454. The summed E-state index contributed by atoms with van der Waals surface area (Å²) in [5, 5.41) is 5.09. The summed E-state index contributed by atoms with van der Waals surface area (Å²) in [6.07, 6.45) is 0. The van der Waals surface area contributed by atoms with Crippen LogP contribution in [0.3, 0.4) is 0 Å². The molecule has 2 rings (SSSR count). The minimum absolute atomic E-state index is 0.0454. The lowest BCUT2D eigenvalue weighted by Crippen LogP contribution is -2.34. The lowest BCUT2D eigenvalue weighted by atomic mass is 10.0. The van der Waals surface area contributed by atoms with Crippen LogP contribution in [0.1, 0.15) is 12.5 Å². The second-order valence-electron chi connectivity index (χ2n) is 5.68. The molecule has 2 aromatic carbocycles. The average molecular weight is 300 g/mol. The Hall–Kier alpha value is -2.07. The van der Waals surface area contributed by atoms with E-state index >= 15 is 0 Å². The van der Waals surface area contributed by atoms with Gasteiger partial charge in [0.1, 0.15) is 5.75 Å². The minimum Gasteiger partial charge on any atom is -0.496 e. The lowest BCUT2D eigenvalue weighted by molar-refractivity contribution is -0.124. The predicted octanol–water partition coefficient (Wildman–Crippen LogP) is 2.66. The number of ether oxygens (including phenoxy) is 1. The zero-order valence-electron chi connectivity index (χ0n) is 13.7. The van der Waals surface area contributed by atoms with Gasteiger partial charge in [0.15, 0.2) is 0 Å². The highest BCUT2D eigenvalue weighted by Gasteiger charge is 2.16. The molecule has 118 valence electrons. The van der Waals surface area contributed by atoms with Gasteiger partial charge in [0.05, 0.1) is 7.11 Å². The van der Waals surface area contributed by atoms with Gasteiger partial charge in [0, 0.05) is 31.6 Å². The van der Waals surface area contributed by atoms with Gasteiger partial charge in [0.2, 0.25) is 5.91 Å². The van der Waals surface area contributed by atoms with E-state index in [1.807, 2.05) is 32.2 Å². The van der Waals surface area contributed by atoms with Crippen LogP contribution in [0.5, 0.6) is 5.75 Å². The molecule has 1 amide bonds. The maximum atomic E-state index is 11.7. The predicted molar refractivity (Wildman–Crippen MR) is 90.1 cm³/mol. The van der Waals surface area contributed by atoms with Crippen LogP contribution in [0.2, 0.25) is 0 Å². The largest absolute Gasteiger partial charge is 0.496 e. The van der Waals surface area contributed by atoms with Gasteiger partial charge in [0.25, 0.3) is 0 Å². The summed E-state index contributed by atoms with van der Waals surface area (Å²) in [5.74, 6) is 0.908. The van der Waals surface area contributed by atoms with Gasteiger partial charge in [-0.3, -0.25) is 4.79 Å². The molecule has 4 heteroatoms. The fraction of sp³-hybridized carbons (Fsp3) is 0.389. The van der Waals surface area contributed by atoms with E-state index in [2.05, 4.69) is 28.4 Å². The molecule has 0 aliphatic heterocycles. The molecule has 0 saturated carbocycles. The molecule has 0 aliphatic rings. The van der Waals surface area contributed by atoms with Gasteiger partial charge in [-0.05, 0) is 23.9 Å².